The fourth-order valence-electron chi connectivity index (χ4n) is 4.54. The number of anilines is 1. The zero-order chi connectivity index (χ0) is 24.5. The van der Waals surface area contributed by atoms with Gasteiger partial charge in [-0.25, -0.2) is 8.42 Å². The van der Waals surface area contributed by atoms with Crippen molar-refractivity contribution >= 4 is 33.4 Å². The lowest BCUT2D eigenvalue weighted by Crippen LogP contribution is -2.49. The third-order valence-corrected chi connectivity index (χ3v) is 8.35. The summed E-state index contributed by atoms with van der Waals surface area (Å²) < 4.78 is 24.2. The first-order valence-electron chi connectivity index (χ1n) is 11.9. The van der Waals surface area contributed by atoms with Crippen LogP contribution in [-0.2, 0) is 19.4 Å². The number of sulfone groups is 1. The van der Waals surface area contributed by atoms with Crippen molar-refractivity contribution in [3.63, 3.8) is 0 Å². The summed E-state index contributed by atoms with van der Waals surface area (Å²) in [6.45, 7) is 5.52. The number of rotatable bonds is 7. The number of likely N-dealkylation sites (N-methyl/N-ethyl adjacent to an activating group) is 1. The fraction of sp³-hybridized carbons (Fsp3) is 0.583. The number of carbonyl (C=O) groups excluding carboxylic acids is 2. The third-order valence-electron chi connectivity index (χ3n) is 6.86. The number of nitrogens with one attached hydrogen (secondary N) is 1. The van der Waals surface area contributed by atoms with Crippen LogP contribution >= 0.6 is 0 Å². The van der Waals surface area contributed by atoms with E-state index >= 15 is 0 Å². The number of allylic oxidation sites excluding steroid dienone is 1. The summed E-state index contributed by atoms with van der Waals surface area (Å²) in [6.07, 6.45) is 6.78. The van der Waals surface area contributed by atoms with Crippen LogP contribution < -0.4 is 16.0 Å². The van der Waals surface area contributed by atoms with E-state index in [0.29, 0.717) is 5.92 Å². The van der Waals surface area contributed by atoms with Crippen LogP contribution in [0.4, 0.5) is 5.69 Å². The van der Waals surface area contributed by atoms with Crippen molar-refractivity contribution < 1.29 is 18.0 Å². The van der Waals surface area contributed by atoms with Gasteiger partial charge in [0.25, 0.3) is 0 Å². The predicted octanol–water partition coefficient (Wildman–Crippen LogP) is 0.581. The molecule has 1 aromatic carbocycles. The van der Waals surface area contributed by atoms with E-state index in [1.807, 2.05) is 13.0 Å². The molecule has 34 heavy (non-hydrogen) atoms. The minimum absolute atomic E-state index is 0.335. The predicted molar refractivity (Wildman–Crippen MR) is 133 cm³/mol. The second kappa shape index (κ2) is 10.1. The fourth-order valence-corrected chi connectivity index (χ4v) is 6.21. The summed E-state index contributed by atoms with van der Waals surface area (Å²) >= 11 is 0. The molecule has 3 fully saturated rings. The van der Waals surface area contributed by atoms with E-state index in [0.717, 1.165) is 47.9 Å². The Labute approximate surface area is 201 Å². The van der Waals surface area contributed by atoms with Crippen LogP contribution in [0.1, 0.15) is 36.9 Å². The molecule has 0 unspecified atom stereocenters. The Balaban J connectivity index is 1.53. The summed E-state index contributed by atoms with van der Waals surface area (Å²) in [7, 11) is -1.39. The van der Waals surface area contributed by atoms with Crippen LogP contribution in [0, 0.1) is 5.92 Å². The Morgan fingerprint density at radius 2 is 1.91 bits per heavy atom. The molecule has 2 atom stereocenters. The Morgan fingerprint density at radius 3 is 2.56 bits per heavy atom. The summed E-state index contributed by atoms with van der Waals surface area (Å²) in [4.78, 5) is 30.9. The van der Waals surface area contributed by atoms with E-state index in [1.165, 1.54) is 12.8 Å². The number of nitrogens with zero attached hydrogens (tertiary/aromatic N) is 3. The number of benzene rings is 1. The van der Waals surface area contributed by atoms with E-state index in [2.05, 4.69) is 46.4 Å². The molecule has 3 N–H and O–H groups in total. The van der Waals surface area contributed by atoms with Gasteiger partial charge in [0.05, 0.1) is 18.3 Å². The standard InChI is InChI=1S/C24H35N5O4S/c1-17(26-24(31)22-15-34(32,33)16-29(22)23(30)14-25)21-8-7-20(28-11-9-27(2)10-12-28)13-19(21)6-5-18-3-4-18/h5-8,13,17-18,22H,3-4,9-12,14-16,25H2,1-2H3,(H,26,31)/b6-5+/t17-,22-/m0/s1. The smallest absolute Gasteiger partial charge is 0.244 e. The zero-order valence-corrected chi connectivity index (χ0v) is 20.8. The molecule has 0 radical (unpaired) electrons. The maximum Gasteiger partial charge on any atom is 0.244 e. The van der Waals surface area contributed by atoms with Gasteiger partial charge in [-0.1, -0.05) is 18.2 Å². The van der Waals surface area contributed by atoms with Gasteiger partial charge in [0.15, 0.2) is 9.84 Å². The Bertz CT molecular complexity index is 1060. The average Bonchev–Trinajstić information content (AvgIpc) is 3.58. The minimum atomic E-state index is -3.52. The zero-order valence-electron chi connectivity index (χ0n) is 19.9. The molecular weight excluding hydrogens is 454 g/mol. The molecule has 0 spiro atoms. The molecular formula is C24H35N5O4S. The van der Waals surface area contributed by atoms with Gasteiger partial charge in [0.1, 0.15) is 11.9 Å². The summed E-state index contributed by atoms with van der Waals surface area (Å²) in [5.41, 5.74) is 8.59. The van der Waals surface area contributed by atoms with Crippen molar-refractivity contribution in [2.75, 3.05) is 56.3 Å². The van der Waals surface area contributed by atoms with Crippen LogP contribution in [0.25, 0.3) is 6.08 Å². The monoisotopic (exact) mass is 489 g/mol. The highest BCUT2D eigenvalue weighted by atomic mass is 32.2. The van der Waals surface area contributed by atoms with E-state index in [4.69, 9.17) is 5.73 Å². The Hall–Kier alpha value is -2.43. The Kier molecular flexibility index (Phi) is 7.30. The van der Waals surface area contributed by atoms with Crippen molar-refractivity contribution in [1.29, 1.82) is 0 Å². The number of hydrogen-bond donors (Lipinski definition) is 2. The first kappa shape index (κ1) is 24.7. The number of carbonyl (C=O) groups is 2. The first-order valence-corrected chi connectivity index (χ1v) is 13.7. The van der Waals surface area contributed by atoms with E-state index in [1.54, 1.807) is 0 Å². The second-order valence-electron chi connectivity index (χ2n) is 9.65. The second-order valence-corrected chi connectivity index (χ2v) is 11.7. The molecule has 2 amide bonds. The maximum atomic E-state index is 13.0. The normalized spacial score (nSPS) is 23.9. The number of amides is 2. The SMILES string of the molecule is C[C@H](NC(=O)[C@@H]1CS(=O)(=O)CN1C(=O)CN)c1ccc(N2CCN(C)CC2)cc1/C=C/C1CC1. The topological polar surface area (TPSA) is 116 Å². The van der Waals surface area contributed by atoms with E-state index in [-0.39, 0.29) is 18.3 Å². The van der Waals surface area contributed by atoms with Gasteiger partial charge in [0, 0.05) is 31.9 Å². The number of piperazine rings is 1. The van der Waals surface area contributed by atoms with E-state index in [9.17, 15) is 18.0 Å². The highest BCUT2D eigenvalue weighted by Crippen LogP contribution is 2.33. The molecule has 186 valence electrons. The molecule has 2 aliphatic heterocycles. The molecule has 2 heterocycles. The molecule has 3 aliphatic rings. The molecule has 1 aliphatic carbocycles. The van der Waals surface area contributed by atoms with Crippen LogP contribution in [0.2, 0.25) is 0 Å². The molecule has 10 heteroatoms. The van der Waals surface area contributed by atoms with E-state index < -0.39 is 33.6 Å². The molecule has 1 aromatic rings. The molecule has 0 bridgehead atoms. The molecule has 4 rings (SSSR count). The van der Waals surface area contributed by atoms with Gasteiger partial charge >= 0.3 is 0 Å². The first-order chi connectivity index (χ1) is 16.2. The molecule has 1 saturated carbocycles. The van der Waals surface area contributed by atoms with Crippen molar-refractivity contribution in [3.05, 3.63) is 35.4 Å². The van der Waals surface area contributed by atoms with Gasteiger partial charge in [-0.2, -0.15) is 0 Å². The summed E-state index contributed by atoms with van der Waals surface area (Å²) in [5.74, 6) is -1.25. The van der Waals surface area contributed by atoms with Crippen molar-refractivity contribution in [2.24, 2.45) is 11.7 Å². The summed E-state index contributed by atoms with van der Waals surface area (Å²) in [5, 5.41) is 2.94. The van der Waals surface area contributed by atoms with Gasteiger partial charge in [-0.05, 0) is 56.0 Å². The maximum absolute atomic E-state index is 13.0. The highest BCUT2D eigenvalue weighted by Gasteiger charge is 2.42. The molecule has 9 nitrogen and oxygen atoms in total. The quantitative estimate of drug-likeness (QED) is 0.576. The van der Waals surface area contributed by atoms with Gasteiger partial charge in [-0.15, -0.1) is 0 Å². The number of nitrogens with two attached hydrogens (primary N) is 1. The van der Waals surface area contributed by atoms with Crippen molar-refractivity contribution in [1.82, 2.24) is 15.1 Å². The molecule has 0 aromatic heterocycles. The van der Waals surface area contributed by atoms with Crippen LogP contribution in [0.15, 0.2) is 24.3 Å². The van der Waals surface area contributed by atoms with Crippen LogP contribution in [-0.4, -0.2) is 87.5 Å². The molecule has 2 saturated heterocycles. The third kappa shape index (κ3) is 5.79. The summed E-state index contributed by atoms with van der Waals surface area (Å²) in [6, 6.07) is 4.89. The van der Waals surface area contributed by atoms with Crippen molar-refractivity contribution in [3.8, 4) is 0 Å². The highest BCUT2D eigenvalue weighted by molar-refractivity contribution is 7.91. The van der Waals surface area contributed by atoms with Gasteiger partial charge < -0.3 is 25.8 Å². The van der Waals surface area contributed by atoms with Gasteiger partial charge in [-0.3, -0.25) is 9.59 Å². The lowest BCUT2D eigenvalue weighted by atomic mass is 9.98. The van der Waals surface area contributed by atoms with Crippen molar-refractivity contribution in [2.45, 2.75) is 31.8 Å². The lowest BCUT2D eigenvalue weighted by Gasteiger charge is -2.34. The average molecular weight is 490 g/mol. The minimum Gasteiger partial charge on any atom is -0.369 e. The number of hydrogen-bond acceptors (Lipinski definition) is 7. The largest absolute Gasteiger partial charge is 0.369 e. The van der Waals surface area contributed by atoms with Crippen LogP contribution in [0.3, 0.4) is 0 Å². The van der Waals surface area contributed by atoms with Crippen LogP contribution in [0.5, 0.6) is 0 Å². The Morgan fingerprint density at radius 1 is 1.21 bits per heavy atom. The van der Waals surface area contributed by atoms with Gasteiger partial charge in [0.2, 0.25) is 11.8 Å². The lowest BCUT2D eigenvalue weighted by molar-refractivity contribution is -0.137.